The van der Waals surface area contributed by atoms with Gasteiger partial charge in [-0.25, -0.2) is 0 Å². The van der Waals surface area contributed by atoms with Crippen LogP contribution in [0.2, 0.25) is 0 Å². The first-order chi connectivity index (χ1) is 12.1. The van der Waals surface area contributed by atoms with E-state index >= 15 is 0 Å². The maximum absolute atomic E-state index is 12.0. The first-order valence-electron chi connectivity index (χ1n) is 8.51. The van der Waals surface area contributed by atoms with Crippen LogP contribution in [-0.4, -0.2) is 17.4 Å². The Labute approximate surface area is 148 Å². The summed E-state index contributed by atoms with van der Waals surface area (Å²) >= 11 is 0. The molecule has 0 fully saturated rings. The molecule has 0 saturated heterocycles. The van der Waals surface area contributed by atoms with E-state index in [1.807, 2.05) is 29.2 Å². The molecule has 0 aliphatic rings. The summed E-state index contributed by atoms with van der Waals surface area (Å²) in [6.07, 6.45) is 4.12. The molecular weight excluding hydrogens is 314 g/mol. The molecule has 25 heavy (non-hydrogen) atoms. The van der Waals surface area contributed by atoms with Gasteiger partial charge < -0.3 is 13.7 Å². The normalized spacial score (nSPS) is 12.1. The number of carbonyl (C=O) groups is 1. The lowest BCUT2D eigenvalue weighted by atomic mass is 9.92. The number of amides is 1. The third-order valence-corrected chi connectivity index (χ3v) is 4.43. The quantitative estimate of drug-likeness (QED) is 0.625. The van der Waals surface area contributed by atoms with Crippen molar-refractivity contribution >= 4 is 5.91 Å². The van der Waals surface area contributed by atoms with Gasteiger partial charge in [0.25, 0.3) is 0 Å². The van der Waals surface area contributed by atoms with E-state index in [1.165, 1.54) is 11.1 Å². The highest BCUT2D eigenvalue weighted by Crippen LogP contribution is 2.29. The Morgan fingerprint density at radius 1 is 1.04 bits per heavy atom. The smallest absolute Gasteiger partial charge is 0.219 e. The van der Waals surface area contributed by atoms with Crippen molar-refractivity contribution in [2.75, 3.05) is 6.54 Å². The second-order valence-corrected chi connectivity index (χ2v) is 6.29. The fourth-order valence-corrected chi connectivity index (χ4v) is 2.98. The maximum atomic E-state index is 12.0. The predicted octanol–water partition coefficient (Wildman–Crippen LogP) is 4.75. The second-order valence-electron chi connectivity index (χ2n) is 6.29. The molecule has 3 rings (SSSR count). The molecule has 1 aromatic carbocycles. The summed E-state index contributed by atoms with van der Waals surface area (Å²) < 4.78 is 11.0. The van der Waals surface area contributed by atoms with Gasteiger partial charge in [0.1, 0.15) is 11.5 Å². The molecule has 0 aliphatic carbocycles. The van der Waals surface area contributed by atoms with Crippen molar-refractivity contribution in [3.05, 3.63) is 83.7 Å². The van der Waals surface area contributed by atoms with E-state index in [-0.39, 0.29) is 11.8 Å². The minimum absolute atomic E-state index is 0.0403. The summed E-state index contributed by atoms with van der Waals surface area (Å²) in [5.74, 6) is 1.87. The molecule has 1 atom stereocenters. The standard InChI is InChI=1S/C21H23NO3/c1-16-7-9-18(10-8-16)20(21-6-4-14-25-21)11-12-22(17(2)23)15-19-5-3-13-24-19/h3-10,13-14,20H,11-12,15H2,1-2H3/t20-/m0/s1. The van der Waals surface area contributed by atoms with Gasteiger partial charge in [-0.3, -0.25) is 4.79 Å². The van der Waals surface area contributed by atoms with Crippen LogP contribution < -0.4 is 0 Å². The minimum Gasteiger partial charge on any atom is -0.469 e. The van der Waals surface area contributed by atoms with E-state index < -0.39 is 0 Å². The van der Waals surface area contributed by atoms with Gasteiger partial charge in [0.15, 0.2) is 0 Å². The summed E-state index contributed by atoms with van der Waals surface area (Å²) in [5, 5.41) is 0. The van der Waals surface area contributed by atoms with Crippen LogP contribution in [0.15, 0.2) is 69.9 Å². The second kappa shape index (κ2) is 7.88. The molecule has 0 bridgehead atoms. The van der Waals surface area contributed by atoms with Crippen molar-refractivity contribution in [2.24, 2.45) is 0 Å². The number of benzene rings is 1. The number of carbonyl (C=O) groups excluding carboxylic acids is 1. The third kappa shape index (κ3) is 4.41. The molecular formula is C21H23NO3. The highest BCUT2D eigenvalue weighted by atomic mass is 16.3. The molecule has 130 valence electrons. The summed E-state index contributed by atoms with van der Waals surface area (Å²) in [7, 11) is 0. The average Bonchev–Trinajstić information content (AvgIpc) is 3.29. The fraction of sp³-hybridized carbons (Fsp3) is 0.286. The molecule has 0 N–H and O–H groups in total. The van der Waals surface area contributed by atoms with Crippen LogP contribution in [0.4, 0.5) is 0 Å². The Morgan fingerprint density at radius 3 is 2.36 bits per heavy atom. The molecule has 2 heterocycles. The highest BCUT2D eigenvalue weighted by Gasteiger charge is 2.20. The van der Waals surface area contributed by atoms with E-state index in [1.54, 1.807) is 19.5 Å². The van der Waals surface area contributed by atoms with Crippen LogP contribution in [0, 0.1) is 6.92 Å². The van der Waals surface area contributed by atoms with Crippen molar-refractivity contribution in [1.29, 1.82) is 0 Å². The molecule has 4 heteroatoms. The number of hydrogen-bond donors (Lipinski definition) is 0. The molecule has 2 aromatic heterocycles. The Balaban J connectivity index is 1.75. The van der Waals surface area contributed by atoms with Gasteiger partial charge in [0.2, 0.25) is 5.91 Å². The number of hydrogen-bond acceptors (Lipinski definition) is 3. The largest absolute Gasteiger partial charge is 0.469 e. The lowest BCUT2D eigenvalue weighted by Crippen LogP contribution is -2.30. The van der Waals surface area contributed by atoms with E-state index in [9.17, 15) is 4.79 Å². The Bertz CT molecular complexity index is 773. The van der Waals surface area contributed by atoms with Crippen molar-refractivity contribution in [2.45, 2.75) is 32.7 Å². The fourth-order valence-electron chi connectivity index (χ4n) is 2.98. The lowest BCUT2D eigenvalue weighted by Gasteiger charge is -2.23. The zero-order valence-corrected chi connectivity index (χ0v) is 14.6. The Hall–Kier alpha value is -2.75. The van der Waals surface area contributed by atoms with E-state index in [0.717, 1.165) is 17.9 Å². The predicted molar refractivity (Wildman–Crippen MR) is 96.1 cm³/mol. The Kier molecular flexibility index (Phi) is 5.39. The highest BCUT2D eigenvalue weighted by molar-refractivity contribution is 5.73. The summed E-state index contributed by atoms with van der Waals surface area (Å²) in [6.45, 7) is 4.79. The molecule has 0 saturated carbocycles. The molecule has 1 amide bonds. The molecule has 0 aliphatic heterocycles. The SMILES string of the molecule is CC(=O)N(CC[C@@H](c1ccc(C)cc1)c1ccco1)Cc1ccco1. The summed E-state index contributed by atoms with van der Waals surface area (Å²) in [6, 6.07) is 16.1. The molecule has 3 aromatic rings. The zero-order valence-electron chi connectivity index (χ0n) is 14.6. The first-order valence-corrected chi connectivity index (χ1v) is 8.51. The summed E-state index contributed by atoms with van der Waals surface area (Å²) in [4.78, 5) is 13.8. The number of rotatable bonds is 7. The minimum atomic E-state index is 0.0403. The number of aryl methyl sites for hydroxylation is 1. The lowest BCUT2D eigenvalue weighted by molar-refractivity contribution is -0.129. The molecule has 4 nitrogen and oxygen atoms in total. The summed E-state index contributed by atoms with van der Waals surface area (Å²) in [5.41, 5.74) is 2.42. The monoisotopic (exact) mass is 337 g/mol. The van der Waals surface area contributed by atoms with Crippen molar-refractivity contribution in [3.8, 4) is 0 Å². The van der Waals surface area contributed by atoms with Crippen LogP contribution in [-0.2, 0) is 11.3 Å². The van der Waals surface area contributed by atoms with Gasteiger partial charge in [-0.1, -0.05) is 29.8 Å². The average molecular weight is 337 g/mol. The van der Waals surface area contributed by atoms with Crippen LogP contribution in [0.1, 0.15) is 41.9 Å². The maximum Gasteiger partial charge on any atom is 0.219 e. The van der Waals surface area contributed by atoms with E-state index in [0.29, 0.717) is 13.1 Å². The van der Waals surface area contributed by atoms with Crippen LogP contribution in [0.25, 0.3) is 0 Å². The zero-order chi connectivity index (χ0) is 17.6. The van der Waals surface area contributed by atoms with Gasteiger partial charge in [0.05, 0.1) is 19.1 Å². The molecule has 0 unspecified atom stereocenters. The third-order valence-electron chi connectivity index (χ3n) is 4.43. The van der Waals surface area contributed by atoms with Crippen LogP contribution in [0.5, 0.6) is 0 Å². The Morgan fingerprint density at radius 2 is 1.76 bits per heavy atom. The van der Waals surface area contributed by atoms with Crippen molar-refractivity contribution in [3.63, 3.8) is 0 Å². The topological polar surface area (TPSA) is 46.6 Å². The molecule has 0 spiro atoms. The van der Waals surface area contributed by atoms with Gasteiger partial charge in [-0.15, -0.1) is 0 Å². The van der Waals surface area contributed by atoms with Crippen LogP contribution in [0.3, 0.4) is 0 Å². The van der Waals surface area contributed by atoms with Crippen LogP contribution >= 0.6 is 0 Å². The van der Waals surface area contributed by atoms with Gasteiger partial charge >= 0.3 is 0 Å². The van der Waals surface area contributed by atoms with E-state index in [4.69, 9.17) is 8.83 Å². The number of nitrogens with zero attached hydrogens (tertiary/aromatic N) is 1. The van der Waals surface area contributed by atoms with Gasteiger partial charge in [0, 0.05) is 19.4 Å². The molecule has 0 radical (unpaired) electrons. The van der Waals surface area contributed by atoms with Gasteiger partial charge in [-0.2, -0.15) is 0 Å². The van der Waals surface area contributed by atoms with Crippen molar-refractivity contribution < 1.29 is 13.6 Å². The number of furan rings is 2. The first kappa shape index (κ1) is 17.1. The van der Waals surface area contributed by atoms with E-state index in [2.05, 4.69) is 31.2 Å². The van der Waals surface area contributed by atoms with Gasteiger partial charge in [-0.05, 0) is 43.2 Å². The van der Waals surface area contributed by atoms with Crippen molar-refractivity contribution in [1.82, 2.24) is 4.90 Å².